The van der Waals surface area contributed by atoms with Crippen LogP contribution in [-0.2, 0) is 11.2 Å². The topological polar surface area (TPSA) is 55.8 Å². The van der Waals surface area contributed by atoms with Crippen molar-refractivity contribution in [2.75, 3.05) is 7.11 Å². The van der Waals surface area contributed by atoms with E-state index in [0.29, 0.717) is 27.1 Å². The highest BCUT2D eigenvalue weighted by Gasteiger charge is 2.22. The zero-order chi connectivity index (χ0) is 16.1. The molecule has 6 heteroatoms. The maximum atomic E-state index is 11.4. The molecule has 0 saturated heterocycles. The van der Waals surface area contributed by atoms with Gasteiger partial charge in [-0.05, 0) is 35.9 Å². The Kier molecular flexibility index (Phi) is 5.52. The Morgan fingerprint density at radius 1 is 1.14 bits per heavy atom. The van der Waals surface area contributed by atoms with Gasteiger partial charge in [0, 0.05) is 6.42 Å². The van der Waals surface area contributed by atoms with E-state index in [1.807, 2.05) is 0 Å². The normalized spacial score (nSPS) is 11.8. The van der Waals surface area contributed by atoms with Crippen molar-refractivity contribution in [1.82, 2.24) is 0 Å². The van der Waals surface area contributed by atoms with Crippen molar-refractivity contribution in [2.45, 2.75) is 12.5 Å². The van der Waals surface area contributed by atoms with Crippen LogP contribution in [0.25, 0.3) is 0 Å². The molecule has 0 spiro atoms. The molecule has 22 heavy (non-hydrogen) atoms. The highest BCUT2D eigenvalue weighted by atomic mass is 35.5. The van der Waals surface area contributed by atoms with Gasteiger partial charge in [-0.3, -0.25) is 0 Å². The van der Waals surface area contributed by atoms with Crippen molar-refractivity contribution >= 4 is 29.2 Å². The van der Waals surface area contributed by atoms with Crippen LogP contribution in [0, 0.1) is 0 Å². The number of carboxylic acids is 1. The average molecular weight is 341 g/mol. The molecule has 2 aromatic carbocycles. The summed E-state index contributed by atoms with van der Waals surface area (Å²) in [6, 6.07) is 11.8. The van der Waals surface area contributed by atoms with Gasteiger partial charge in [0.1, 0.15) is 11.5 Å². The van der Waals surface area contributed by atoms with E-state index in [1.165, 1.54) is 0 Å². The van der Waals surface area contributed by atoms with Crippen LogP contribution < -0.4 is 9.47 Å². The quantitative estimate of drug-likeness (QED) is 0.860. The first-order chi connectivity index (χ1) is 10.5. The number of hydrogen-bond donors (Lipinski definition) is 1. The number of methoxy groups -OCH3 is 1. The third kappa shape index (κ3) is 4.06. The van der Waals surface area contributed by atoms with E-state index in [4.69, 9.17) is 32.7 Å². The summed E-state index contributed by atoms with van der Waals surface area (Å²) in [5.74, 6) is 0.0234. The van der Waals surface area contributed by atoms with Crippen LogP contribution in [-0.4, -0.2) is 24.3 Å². The molecule has 0 aliphatic heterocycles. The van der Waals surface area contributed by atoms with E-state index in [1.54, 1.807) is 49.6 Å². The van der Waals surface area contributed by atoms with Gasteiger partial charge in [0.2, 0.25) is 0 Å². The molecule has 4 nitrogen and oxygen atoms in total. The molecule has 1 unspecified atom stereocenters. The van der Waals surface area contributed by atoms with E-state index in [-0.39, 0.29) is 6.42 Å². The highest BCUT2D eigenvalue weighted by molar-refractivity contribution is 6.42. The molecule has 0 heterocycles. The van der Waals surface area contributed by atoms with Gasteiger partial charge in [-0.25, -0.2) is 4.79 Å². The third-order valence-electron chi connectivity index (χ3n) is 3.05. The third-order valence-corrected chi connectivity index (χ3v) is 3.91. The van der Waals surface area contributed by atoms with Crippen LogP contribution in [0.2, 0.25) is 10.0 Å². The van der Waals surface area contributed by atoms with Crippen LogP contribution in [0.15, 0.2) is 42.5 Å². The summed E-state index contributed by atoms with van der Waals surface area (Å²) < 4.78 is 10.6. The molecule has 1 N–H and O–H groups in total. The monoisotopic (exact) mass is 340 g/mol. The van der Waals surface area contributed by atoms with Crippen LogP contribution >= 0.6 is 23.2 Å². The maximum absolute atomic E-state index is 11.4. The minimum absolute atomic E-state index is 0.112. The second-order valence-corrected chi connectivity index (χ2v) is 5.32. The van der Waals surface area contributed by atoms with Crippen molar-refractivity contribution in [3.8, 4) is 11.5 Å². The molecule has 2 aromatic rings. The summed E-state index contributed by atoms with van der Waals surface area (Å²) in [6.07, 6.45) is -0.954. The molecule has 0 aromatic heterocycles. The molecule has 1 atom stereocenters. The lowest BCUT2D eigenvalue weighted by Gasteiger charge is -2.16. The number of ether oxygens (including phenoxy) is 2. The van der Waals surface area contributed by atoms with E-state index in [0.717, 1.165) is 0 Å². The molecule has 0 saturated carbocycles. The van der Waals surface area contributed by atoms with Gasteiger partial charge in [-0.15, -0.1) is 0 Å². The number of rotatable bonds is 6. The Balaban J connectivity index is 2.16. The molecule has 116 valence electrons. The highest BCUT2D eigenvalue weighted by Crippen LogP contribution is 2.27. The Labute approximate surface area is 138 Å². The summed E-state index contributed by atoms with van der Waals surface area (Å²) >= 11 is 12.0. The van der Waals surface area contributed by atoms with E-state index in [9.17, 15) is 9.90 Å². The number of benzene rings is 2. The fraction of sp³-hybridized carbons (Fsp3) is 0.188. The van der Waals surface area contributed by atoms with E-state index < -0.39 is 12.1 Å². The van der Waals surface area contributed by atoms with Crippen LogP contribution in [0.3, 0.4) is 0 Å². The fourth-order valence-electron chi connectivity index (χ4n) is 1.90. The van der Waals surface area contributed by atoms with Crippen molar-refractivity contribution in [3.05, 3.63) is 58.1 Å². The Bertz CT molecular complexity index is 656. The fourth-order valence-corrected chi connectivity index (χ4v) is 2.30. The van der Waals surface area contributed by atoms with Gasteiger partial charge >= 0.3 is 5.97 Å². The molecule has 0 aliphatic rings. The smallest absolute Gasteiger partial charge is 0.345 e. The number of carboxylic acid groups (broad SMARTS) is 1. The van der Waals surface area contributed by atoms with Crippen molar-refractivity contribution in [3.63, 3.8) is 0 Å². The predicted molar refractivity (Wildman–Crippen MR) is 85.2 cm³/mol. The summed E-state index contributed by atoms with van der Waals surface area (Å²) in [5, 5.41) is 10.1. The Morgan fingerprint density at radius 2 is 1.77 bits per heavy atom. The largest absolute Gasteiger partial charge is 0.497 e. The first kappa shape index (κ1) is 16.5. The maximum Gasteiger partial charge on any atom is 0.345 e. The molecule has 0 bridgehead atoms. The lowest BCUT2D eigenvalue weighted by molar-refractivity contribution is -0.145. The molecule has 0 aliphatic carbocycles. The predicted octanol–water partition coefficient (Wildman–Crippen LogP) is 4.08. The number of aliphatic carboxylic acids is 1. The van der Waals surface area contributed by atoms with Gasteiger partial charge < -0.3 is 14.6 Å². The Morgan fingerprint density at radius 3 is 2.36 bits per heavy atom. The Hall–Kier alpha value is -1.91. The first-order valence-electron chi connectivity index (χ1n) is 6.47. The van der Waals surface area contributed by atoms with Gasteiger partial charge in [0.05, 0.1) is 17.2 Å². The SMILES string of the molecule is COc1ccc(OC(Cc2cccc(Cl)c2Cl)C(=O)O)cc1. The van der Waals surface area contributed by atoms with E-state index in [2.05, 4.69) is 0 Å². The minimum atomic E-state index is -1.08. The van der Waals surface area contributed by atoms with Crippen LogP contribution in [0.4, 0.5) is 0 Å². The lowest BCUT2D eigenvalue weighted by Crippen LogP contribution is -2.29. The first-order valence-corrected chi connectivity index (χ1v) is 7.23. The molecule has 2 rings (SSSR count). The minimum Gasteiger partial charge on any atom is -0.497 e. The van der Waals surface area contributed by atoms with Crippen LogP contribution in [0.5, 0.6) is 11.5 Å². The van der Waals surface area contributed by atoms with Gasteiger partial charge in [-0.2, -0.15) is 0 Å². The van der Waals surface area contributed by atoms with Crippen molar-refractivity contribution in [2.24, 2.45) is 0 Å². The summed E-state index contributed by atoms with van der Waals surface area (Å²) in [4.78, 5) is 11.4. The van der Waals surface area contributed by atoms with Crippen molar-refractivity contribution < 1.29 is 19.4 Å². The standard InChI is InChI=1S/C16H14Cl2O4/c1-21-11-5-7-12(8-6-11)22-14(16(19)20)9-10-3-2-4-13(17)15(10)18/h2-8,14H,9H2,1H3,(H,19,20). The molecule has 0 radical (unpaired) electrons. The molecule has 0 fully saturated rings. The van der Waals surface area contributed by atoms with E-state index >= 15 is 0 Å². The molecular weight excluding hydrogens is 327 g/mol. The molecular formula is C16H14Cl2O4. The van der Waals surface area contributed by atoms with Gasteiger partial charge in [-0.1, -0.05) is 35.3 Å². The summed E-state index contributed by atoms with van der Waals surface area (Å²) in [6.45, 7) is 0. The summed E-state index contributed by atoms with van der Waals surface area (Å²) in [5.41, 5.74) is 0.620. The number of halogens is 2. The second-order valence-electron chi connectivity index (χ2n) is 4.54. The van der Waals surface area contributed by atoms with Gasteiger partial charge in [0.25, 0.3) is 0 Å². The molecule has 0 amide bonds. The number of hydrogen-bond acceptors (Lipinski definition) is 3. The van der Waals surface area contributed by atoms with Gasteiger partial charge in [0.15, 0.2) is 6.10 Å². The second kappa shape index (κ2) is 7.38. The van der Waals surface area contributed by atoms with Crippen LogP contribution in [0.1, 0.15) is 5.56 Å². The summed E-state index contributed by atoms with van der Waals surface area (Å²) in [7, 11) is 1.55. The average Bonchev–Trinajstić information content (AvgIpc) is 2.51. The zero-order valence-electron chi connectivity index (χ0n) is 11.8. The zero-order valence-corrected chi connectivity index (χ0v) is 13.3. The van der Waals surface area contributed by atoms with Crippen molar-refractivity contribution in [1.29, 1.82) is 0 Å². The number of carbonyl (C=O) groups is 1. The lowest BCUT2D eigenvalue weighted by atomic mass is 10.1.